The molecule has 0 radical (unpaired) electrons. The van der Waals surface area contributed by atoms with Gasteiger partial charge in [0.1, 0.15) is 5.76 Å². The van der Waals surface area contributed by atoms with Crippen LogP contribution in [0.2, 0.25) is 0 Å². The van der Waals surface area contributed by atoms with E-state index in [1.165, 1.54) is 0 Å². The normalized spacial score (nSPS) is 12.9. The van der Waals surface area contributed by atoms with Gasteiger partial charge < -0.3 is 19.8 Å². The second-order valence-corrected chi connectivity index (χ2v) is 5.16. The molecule has 1 rings (SSSR count). The first-order valence-corrected chi connectivity index (χ1v) is 7.19. The van der Waals surface area contributed by atoms with E-state index in [1.807, 2.05) is 12.1 Å². The number of halogens is 1. The molecule has 0 bridgehead atoms. The van der Waals surface area contributed by atoms with Crippen LogP contribution in [0.15, 0.2) is 27.8 Å². The van der Waals surface area contributed by atoms with E-state index in [9.17, 15) is 0 Å². The fraction of sp³-hybridized carbons (Fsp3) is 0.667. The van der Waals surface area contributed by atoms with Crippen molar-refractivity contribution in [3.8, 4) is 0 Å². The van der Waals surface area contributed by atoms with E-state index in [1.54, 1.807) is 13.4 Å². The second-order valence-electron chi connectivity index (χ2n) is 5.16. The largest absolute Gasteiger partial charge is 0.469 e. The van der Waals surface area contributed by atoms with Gasteiger partial charge in [-0.05, 0) is 25.0 Å². The second kappa shape index (κ2) is 11.9. The van der Waals surface area contributed by atoms with Crippen LogP contribution in [0.5, 0.6) is 0 Å². The molecule has 21 heavy (non-hydrogen) atoms. The molecule has 122 valence electrons. The number of hydrogen-bond donors (Lipinski definition) is 2. The highest BCUT2D eigenvalue weighted by molar-refractivity contribution is 14.0. The third-order valence-corrected chi connectivity index (χ3v) is 3.17. The number of nitrogens with zero attached hydrogens (tertiary/aromatic N) is 1. The number of nitrogens with one attached hydrogen (secondary N) is 2. The molecule has 5 nitrogen and oxygen atoms in total. The summed E-state index contributed by atoms with van der Waals surface area (Å²) in [6.07, 6.45) is 2.54. The maximum absolute atomic E-state index is 5.31. The summed E-state index contributed by atoms with van der Waals surface area (Å²) in [6.45, 7) is 8.60. The number of rotatable bonds is 8. The van der Waals surface area contributed by atoms with Gasteiger partial charge in [0.15, 0.2) is 5.96 Å². The van der Waals surface area contributed by atoms with Crippen molar-refractivity contribution < 1.29 is 9.15 Å². The molecular formula is C15H28IN3O2. The highest BCUT2D eigenvalue weighted by Crippen LogP contribution is 2.01. The molecular weight excluding hydrogens is 381 g/mol. The predicted octanol–water partition coefficient (Wildman–Crippen LogP) is 2.67. The first-order chi connectivity index (χ1) is 9.63. The van der Waals surface area contributed by atoms with Crippen molar-refractivity contribution >= 4 is 29.9 Å². The summed E-state index contributed by atoms with van der Waals surface area (Å²) >= 11 is 0. The number of hydrogen-bond acceptors (Lipinski definition) is 3. The van der Waals surface area contributed by atoms with Gasteiger partial charge in [0.25, 0.3) is 0 Å². The summed E-state index contributed by atoms with van der Waals surface area (Å²) in [7, 11) is 1.68. The van der Waals surface area contributed by atoms with Gasteiger partial charge in [-0.25, -0.2) is 0 Å². The summed E-state index contributed by atoms with van der Waals surface area (Å²) in [5.41, 5.74) is 0. The Hall–Kier alpha value is -0.760. The van der Waals surface area contributed by atoms with Crippen LogP contribution in [-0.2, 0) is 11.2 Å². The van der Waals surface area contributed by atoms with Gasteiger partial charge in [0, 0.05) is 26.1 Å². The maximum atomic E-state index is 5.31. The van der Waals surface area contributed by atoms with Crippen molar-refractivity contribution in [2.24, 2.45) is 10.9 Å². The zero-order chi connectivity index (χ0) is 14.8. The third-order valence-electron chi connectivity index (χ3n) is 3.17. The Bertz CT molecular complexity index is 380. The van der Waals surface area contributed by atoms with E-state index in [-0.39, 0.29) is 24.0 Å². The van der Waals surface area contributed by atoms with Crippen LogP contribution in [0.1, 0.15) is 26.5 Å². The van der Waals surface area contributed by atoms with Crippen molar-refractivity contribution in [2.45, 2.75) is 33.2 Å². The predicted molar refractivity (Wildman–Crippen MR) is 97.4 cm³/mol. The van der Waals surface area contributed by atoms with E-state index in [0.29, 0.717) is 25.1 Å². The zero-order valence-corrected chi connectivity index (χ0v) is 15.7. The Balaban J connectivity index is 0.00000400. The lowest BCUT2D eigenvalue weighted by atomic mass is 10.1. The number of aliphatic imine (C=N–C) groups is 1. The van der Waals surface area contributed by atoms with E-state index in [2.05, 4.69) is 36.4 Å². The molecule has 0 aromatic carbocycles. The average Bonchev–Trinajstić information content (AvgIpc) is 2.91. The standard InChI is InChI=1S/C15H27N3O2.HI/c1-12(2)13(3)18-15(17-9-11-19-4)16-8-7-14-6-5-10-20-14;/h5-6,10,12-13H,7-9,11H2,1-4H3,(H2,16,17,18);1H. The quantitative estimate of drug-likeness (QED) is 0.300. The topological polar surface area (TPSA) is 58.8 Å². The lowest BCUT2D eigenvalue weighted by Crippen LogP contribution is -2.45. The number of furan rings is 1. The first-order valence-electron chi connectivity index (χ1n) is 7.19. The summed E-state index contributed by atoms with van der Waals surface area (Å²) in [6, 6.07) is 4.25. The minimum Gasteiger partial charge on any atom is -0.469 e. The van der Waals surface area contributed by atoms with Crippen molar-refractivity contribution in [3.05, 3.63) is 24.2 Å². The number of guanidine groups is 1. The highest BCUT2D eigenvalue weighted by Gasteiger charge is 2.09. The van der Waals surface area contributed by atoms with Crippen molar-refractivity contribution in [3.63, 3.8) is 0 Å². The van der Waals surface area contributed by atoms with Crippen LogP contribution in [0.3, 0.4) is 0 Å². The third kappa shape index (κ3) is 8.98. The van der Waals surface area contributed by atoms with Crippen LogP contribution in [0, 0.1) is 5.92 Å². The van der Waals surface area contributed by atoms with Crippen LogP contribution in [-0.4, -0.2) is 38.8 Å². The van der Waals surface area contributed by atoms with Crippen molar-refractivity contribution in [2.75, 3.05) is 26.8 Å². The van der Waals surface area contributed by atoms with Crippen LogP contribution in [0.25, 0.3) is 0 Å². The molecule has 1 unspecified atom stereocenters. The van der Waals surface area contributed by atoms with E-state index >= 15 is 0 Å². The molecule has 0 aliphatic rings. The Labute approximate surface area is 144 Å². The van der Waals surface area contributed by atoms with E-state index in [0.717, 1.165) is 24.7 Å². The minimum absolute atomic E-state index is 0. The molecule has 2 N–H and O–H groups in total. The maximum Gasteiger partial charge on any atom is 0.191 e. The van der Waals surface area contributed by atoms with E-state index < -0.39 is 0 Å². The molecule has 0 amide bonds. The molecule has 0 aliphatic heterocycles. The Morgan fingerprint density at radius 2 is 2.14 bits per heavy atom. The molecule has 0 saturated carbocycles. The van der Waals surface area contributed by atoms with Gasteiger partial charge in [0.05, 0.1) is 19.4 Å². The Morgan fingerprint density at radius 3 is 2.71 bits per heavy atom. The lowest BCUT2D eigenvalue weighted by Gasteiger charge is -2.21. The molecule has 1 heterocycles. The zero-order valence-electron chi connectivity index (χ0n) is 13.4. The van der Waals surface area contributed by atoms with Gasteiger partial charge in [-0.3, -0.25) is 4.99 Å². The van der Waals surface area contributed by atoms with Gasteiger partial charge >= 0.3 is 0 Å². The molecule has 0 saturated heterocycles. The Morgan fingerprint density at radius 1 is 1.38 bits per heavy atom. The molecule has 1 aromatic rings. The summed E-state index contributed by atoms with van der Waals surface area (Å²) < 4.78 is 10.3. The average molecular weight is 409 g/mol. The van der Waals surface area contributed by atoms with Crippen LogP contribution in [0.4, 0.5) is 0 Å². The van der Waals surface area contributed by atoms with E-state index in [4.69, 9.17) is 9.15 Å². The minimum atomic E-state index is 0. The molecule has 1 atom stereocenters. The van der Waals surface area contributed by atoms with Crippen molar-refractivity contribution in [1.29, 1.82) is 0 Å². The van der Waals surface area contributed by atoms with Gasteiger partial charge in [-0.2, -0.15) is 0 Å². The summed E-state index contributed by atoms with van der Waals surface area (Å²) in [4.78, 5) is 4.49. The molecule has 0 aliphatic carbocycles. The fourth-order valence-corrected chi connectivity index (χ4v) is 1.54. The number of methoxy groups -OCH3 is 1. The fourth-order valence-electron chi connectivity index (χ4n) is 1.54. The van der Waals surface area contributed by atoms with Crippen LogP contribution >= 0.6 is 24.0 Å². The van der Waals surface area contributed by atoms with Crippen molar-refractivity contribution in [1.82, 2.24) is 10.6 Å². The molecule has 1 aromatic heterocycles. The van der Waals surface area contributed by atoms with Gasteiger partial charge in [-0.15, -0.1) is 24.0 Å². The lowest BCUT2D eigenvalue weighted by molar-refractivity contribution is 0.207. The summed E-state index contributed by atoms with van der Waals surface area (Å²) in [5, 5.41) is 6.73. The SMILES string of the molecule is COCCN=C(NCCc1ccco1)NC(C)C(C)C.I. The smallest absolute Gasteiger partial charge is 0.191 e. The molecule has 0 spiro atoms. The van der Waals surface area contributed by atoms with Gasteiger partial charge in [0.2, 0.25) is 0 Å². The monoisotopic (exact) mass is 409 g/mol. The number of ether oxygens (including phenoxy) is 1. The highest BCUT2D eigenvalue weighted by atomic mass is 127. The van der Waals surface area contributed by atoms with Gasteiger partial charge in [-0.1, -0.05) is 13.8 Å². The first kappa shape index (κ1) is 20.2. The van der Waals surface area contributed by atoms with Crippen LogP contribution < -0.4 is 10.6 Å². The molecule has 6 heteroatoms. The molecule has 0 fully saturated rings. The Kier molecular flexibility index (Phi) is 11.4. The summed E-state index contributed by atoms with van der Waals surface area (Å²) in [5.74, 6) is 2.36.